The number of nitriles is 1. The van der Waals surface area contributed by atoms with E-state index in [0.717, 1.165) is 30.8 Å². The molecule has 0 fully saturated rings. The molecule has 0 saturated heterocycles. The topological polar surface area (TPSA) is 53.6 Å². The number of para-hydroxylation sites is 1. The van der Waals surface area contributed by atoms with Gasteiger partial charge in [0.2, 0.25) is 0 Å². The van der Waals surface area contributed by atoms with Gasteiger partial charge in [-0.25, -0.2) is 4.98 Å². The van der Waals surface area contributed by atoms with Gasteiger partial charge in [0.1, 0.15) is 0 Å². The van der Waals surface area contributed by atoms with Gasteiger partial charge in [0.15, 0.2) is 0 Å². The van der Waals surface area contributed by atoms with E-state index in [9.17, 15) is 0 Å². The van der Waals surface area contributed by atoms with Crippen LogP contribution in [0.2, 0.25) is 0 Å². The molecule has 0 atom stereocenters. The van der Waals surface area contributed by atoms with Crippen LogP contribution in [-0.4, -0.2) is 16.1 Å². The fraction of sp³-hybridized carbons (Fsp3) is 0.125. The summed E-state index contributed by atoms with van der Waals surface area (Å²) in [4.78, 5) is 4.39. The van der Waals surface area contributed by atoms with Gasteiger partial charge in [0, 0.05) is 43.0 Å². The zero-order chi connectivity index (χ0) is 24.6. The van der Waals surface area contributed by atoms with Crippen molar-refractivity contribution in [3.8, 4) is 6.07 Å². The maximum absolute atomic E-state index is 9.03. The van der Waals surface area contributed by atoms with E-state index >= 15 is 0 Å². The van der Waals surface area contributed by atoms with E-state index in [0.29, 0.717) is 5.56 Å². The molecule has 0 saturated carbocycles. The Balaban J connectivity index is 1.33. The molecule has 4 nitrogen and oxygen atoms in total. The molecule has 0 bridgehead atoms. The third kappa shape index (κ3) is 5.37. The van der Waals surface area contributed by atoms with Gasteiger partial charge in [-0.1, -0.05) is 91.0 Å². The first kappa shape index (κ1) is 23.1. The van der Waals surface area contributed by atoms with E-state index in [1.165, 1.54) is 22.4 Å². The summed E-state index contributed by atoms with van der Waals surface area (Å²) >= 11 is 0. The Morgan fingerprint density at radius 2 is 1.42 bits per heavy atom. The summed E-state index contributed by atoms with van der Waals surface area (Å²) < 4.78 is 2.17. The monoisotopic (exact) mass is 468 g/mol. The minimum absolute atomic E-state index is 0.151. The van der Waals surface area contributed by atoms with Crippen molar-refractivity contribution in [2.24, 2.45) is 0 Å². The van der Waals surface area contributed by atoms with E-state index in [4.69, 9.17) is 5.26 Å². The molecule has 0 aliphatic heterocycles. The van der Waals surface area contributed by atoms with Gasteiger partial charge in [0.25, 0.3) is 0 Å². The summed E-state index contributed by atoms with van der Waals surface area (Å²) in [6.45, 7) is 1.54. The van der Waals surface area contributed by atoms with Crippen LogP contribution in [0.1, 0.15) is 39.4 Å². The average Bonchev–Trinajstić information content (AvgIpc) is 3.38. The molecule has 1 N–H and O–H groups in total. The summed E-state index contributed by atoms with van der Waals surface area (Å²) in [5, 5.41) is 12.7. The van der Waals surface area contributed by atoms with Crippen molar-refractivity contribution in [2.75, 3.05) is 11.9 Å². The number of nitrogens with one attached hydrogen (secondary N) is 1. The zero-order valence-electron chi connectivity index (χ0n) is 20.1. The van der Waals surface area contributed by atoms with Gasteiger partial charge in [-0.3, -0.25) is 0 Å². The highest BCUT2D eigenvalue weighted by Gasteiger charge is 2.19. The first-order chi connectivity index (χ1) is 17.8. The summed E-state index contributed by atoms with van der Waals surface area (Å²) in [5.74, 6) is 0.151. The summed E-state index contributed by atoms with van der Waals surface area (Å²) in [7, 11) is 0. The number of imidazole rings is 1. The number of hydrogen-bond donors (Lipinski definition) is 1. The van der Waals surface area contributed by atoms with Gasteiger partial charge < -0.3 is 9.88 Å². The molecule has 1 heterocycles. The molecule has 0 spiro atoms. The van der Waals surface area contributed by atoms with Crippen LogP contribution in [0.15, 0.2) is 122 Å². The largest absolute Gasteiger partial charge is 0.384 e. The molecule has 5 aromatic rings. The van der Waals surface area contributed by atoms with Gasteiger partial charge in [-0.2, -0.15) is 5.26 Å². The first-order valence-corrected chi connectivity index (χ1v) is 12.2. The maximum Gasteiger partial charge on any atom is 0.0991 e. The molecule has 176 valence electrons. The molecular weight excluding hydrogens is 440 g/mol. The Kier molecular flexibility index (Phi) is 7.20. The minimum Gasteiger partial charge on any atom is -0.384 e. The number of hydrogen-bond acceptors (Lipinski definition) is 3. The van der Waals surface area contributed by atoms with Crippen LogP contribution in [0, 0.1) is 11.3 Å². The van der Waals surface area contributed by atoms with Crippen molar-refractivity contribution in [2.45, 2.75) is 18.9 Å². The summed E-state index contributed by atoms with van der Waals surface area (Å²) in [6.07, 6.45) is 4.67. The molecule has 4 aromatic carbocycles. The van der Waals surface area contributed by atoms with Crippen LogP contribution in [0.5, 0.6) is 0 Å². The lowest BCUT2D eigenvalue weighted by molar-refractivity contribution is 0.738. The van der Waals surface area contributed by atoms with Crippen LogP contribution in [-0.2, 0) is 13.0 Å². The lowest BCUT2D eigenvalue weighted by atomic mass is 9.84. The fourth-order valence-corrected chi connectivity index (χ4v) is 4.66. The lowest BCUT2D eigenvalue weighted by Gasteiger charge is -2.22. The first-order valence-electron chi connectivity index (χ1n) is 12.2. The molecule has 0 aliphatic carbocycles. The van der Waals surface area contributed by atoms with Crippen molar-refractivity contribution in [3.05, 3.63) is 155 Å². The highest BCUT2D eigenvalue weighted by atomic mass is 15.0. The normalized spacial score (nSPS) is 10.8. The fourth-order valence-electron chi connectivity index (χ4n) is 4.66. The van der Waals surface area contributed by atoms with Crippen molar-refractivity contribution in [1.29, 1.82) is 5.26 Å². The average molecular weight is 469 g/mol. The van der Waals surface area contributed by atoms with Crippen LogP contribution >= 0.6 is 0 Å². The number of anilines is 1. The standard InChI is InChI=1S/C32H28N4/c33-21-25-15-17-26(18-16-25)23-36-24-34-22-29(36)19-20-35-31-14-8-7-13-30(31)32(27-9-3-1-4-10-27)28-11-5-2-6-12-28/h1-18,22,24,32,35H,19-20,23H2. The SMILES string of the molecule is N#Cc1ccc(Cn2cncc2CCNc2ccccc2C(c2ccccc2)c2ccccc2)cc1. The Bertz CT molecular complexity index is 1390. The van der Waals surface area contributed by atoms with E-state index in [-0.39, 0.29) is 5.92 Å². The van der Waals surface area contributed by atoms with Gasteiger partial charge >= 0.3 is 0 Å². The van der Waals surface area contributed by atoms with E-state index in [1.807, 2.05) is 36.8 Å². The van der Waals surface area contributed by atoms with Gasteiger partial charge in [0.05, 0.1) is 18.0 Å². The molecular formula is C32H28N4. The molecule has 0 amide bonds. The van der Waals surface area contributed by atoms with E-state index in [1.54, 1.807) is 0 Å². The van der Waals surface area contributed by atoms with Crippen LogP contribution in [0.4, 0.5) is 5.69 Å². The zero-order valence-corrected chi connectivity index (χ0v) is 20.1. The molecule has 5 rings (SSSR count). The third-order valence-corrected chi connectivity index (χ3v) is 6.47. The van der Waals surface area contributed by atoms with Crippen molar-refractivity contribution >= 4 is 5.69 Å². The minimum atomic E-state index is 0.151. The van der Waals surface area contributed by atoms with E-state index in [2.05, 4.69) is 106 Å². The number of benzene rings is 4. The Morgan fingerprint density at radius 1 is 0.778 bits per heavy atom. The highest BCUT2D eigenvalue weighted by Crippen LogP contribution is 2.35. The Labute approximate surface area is 212 Å². The van der Waals surface area contributed by atoms with Crippen LogP contribution < -0.4 is 5.32 Å². The molecule has 0 unspecified atom stereocenters. The Morgan fingerprint density at radius 3 is 2.08 bits per heavy atom. The number of aromatic nitrogens is 2. The van der Waals surface area contributed by atoms with Crippen molar-refractivity contribution in [3.63, 3.8) is 0 Å². The molecule has 0 aliphatic rings. The van der Waals surface area contributed by atoms with E-state index < -0.39 is 0 Å². The second-order valence-corrected chi connectivity index (χ2v) is 8.84. The quantitative estimate of drug-likeness (QED) is 0.247. The molecule has 0 radical (unpaired) electrons. The highest BCUT2D eigenvalue weighted by molar-refractivity contribution is 5.58. The third-order valence-electron chi connectivity index (χ3n) is 6.47. The molecule has 4 heteroatoms. The summed E-state index contributed by atoms with van der Waals surface area (Å²) in [6, 6.07) is 39.9. The van der Waals surface area contributed by atoms with Gasteiger partial charge in [-0.05, 0) is 40.5 Å². The van der Waals surface area contributed by atoms with Crippen molar-refractivity contribution < 1.29 is 0 Å². The smallest absolute Gasteiger partial charge is 0.0991 e. The molecule has 36 heavy (non-hydrogen) atoms. The number of rotatable bonds is 9. The van der Waals surface area contributed by atoms with Crippen molar-refractivity contribution in [1.82, 2.24) is 9.55 Å². The second kappa shape index (κ2) is 11.2. The van der Waals surface area contributed by atoms with Crippen LogP contribution in [0.3, 0.4) is 0 Å². The van der Waals surface area contributed by atoms with Crippen LogP contribution in [0.25, 0.3) is 0 Å². The maximum atomic E-state index is 9.03. The Hall–Kier alpha value is -4.62. The predicted molar refractivity (Wildman–Crippen MR) is 145 cm³/mol. The number of nitrogens with zero attached hydrogens (tertiary/aromatic N) is 3. The van der Waals surface area contributed by atoms with Gasteiger partial charge in [-0.15, -0.1) is 0 Å². The molecule has 1 aromatic heterocycles. The predicted octanol–water partition coefficient (Wildman–Crippen LogP) is 6.64. The lowest BCUT2D eigenvalue weighted by Crippen LogP contribution is -2.13. The summed E-state index contributed by atoms with van der Waals surface area (Å²) in [5.41, 5.74) is 7.97. The second-order valence-electron chi connectivity index (χ2n) is 8.84.